The lowest BCUT2D eigenvalue weighted by Crippen LogP contribution is -2.01. The predicted molar refractivity (Wildman–Crippen MR) is 81.6 cm³/mol. The fraction of sp³-hybridized carbons (Fsp3) is 0.357. The predicted octanol–water partition coefficient (Wildman–Crippen LogP) is 4.37. The third-order valence-electron chi connectivity index (χ3n) is 2.73. The molecule has 0 aliphatic heterocycles. The molecule has 102 valence electrons. The summed E-state index contributed by atoms with van der Waals surface area (Å²) in [5.74, 6) is 0.280. The summed E-state index contributed by atoms with van der Waals surface area (Å²) in [7, 11) is 0. The molecule has 2 N–H and O–H groups in total. The minimum atomic E-state index is -0.262. The molecule has 5 heteroatoms. The summed E-state index contributed by atoms with van der Waals surface area (Å²) in [6.45, 7) is 4.82. The van der Waals surface area contributed by atoms with Crippen LogP contribution in [0.1, 0.15) is 24.4 Å². The van der Waals surface area contributed by atoms with Crippen LogP contribution in [0.5, 0.6) is 0 Å². The van der Waals surface area contributed by atoms with Gasteiger partial charge in [0.1, 0.15) is 10.8 Å². The van der Waals surface area contributed by atoms with E-state index >= 15 is 0 Å². The monoisotopic (exact) mass is 342 g/mol. The van der Waals surface area contributed by atoms with Gasteiger partial charge in [-0.15, -0.1) is 11.3 Å². The minimum absolute atomic E-state index is 0.262. The molecular weight excluding hydrogens is 327 g/mol. The molecule has 0 radical (unpaired) electrons. The molecular formula is C14H16BrFN2S. The van der Waals surface area contributed by atoms with Crippen molar-refractivity contribution in [2.75, 3.05) is 0 Å². The van der Waals surface area contributed by atoms with Gasteiger partial charge in [-0.1, -0.05) is 13.8 Å². The molecule has 2 aromatic rings. The Morgan fingerprint density at radius 1 is 1.42 bits per heavy atom. The van der Waals surface area contributed by atoms with Crippen molar-refractivity contribution in [3.63, 3.8) is 0 Å². The maximum absolute atomic E-state index is 13.3. The van der Waals surface area contributed by atoms with E-state index in [2.05, 4.69) is 34.8 Å². The van der Waals surface area contributed by atoms with Crippen LogP contribution in [0, 0.1) is 11.7 Å². The molecule has 1 aromatic heterocycles. The highest BCUT2D eigenvalue weighted by Gasteiger charge is 2.13. The van der Waals surface area contributed by atoms with Crippen molar-refractivity contribution in [2.45, 2.75) is 26.8 Å². The number of benzene rings is 1. The van der Waals surface area contributed by atoms with Crippen LogP contribution in [0.3, 0.4) is 0 Å². The van der Waals surface area contributed by atoms with Gasteiger partial charge in [0.2, 0.25) is 0 Å². The van der Waals surface area contributed by atoms with Crippen molar-refractivity contribution in [3.05, 3.63) is 39.1 Å². The largest absolute Gasteiger partial charge is 0.326 e. The summed E-state index contributed by atoms with van der Waals surface area (Å²) in [6, 6.07) is 4.96. The highest BCUT2D eigenvalue weighted by atomic mass is 79.9. The molecule has 0 aliphatic rings. The van der Waals surface area contributed by atoms with Crippen LogP contribution in [0.4, 0.5) is 4.39 Å². The summed E-state index contributed by atoms with van der Waals surface area (Å²) < 4.78 is 13.7. The first-order chi connectivity index (χ1) is 9.01. The van der Waals surface area contributed by atoms with Crippen LogP contribution in [0.15, 0.2) is 22.7 Å². The van der Waals surface area contributed by atoms with Crippen LogP contribution in [0.2, 0.25) is 0 Å². The summed E-state index contributed by atoms with van der Waals surface area (Å²) in [4.78, 5) is 5.77. The fourth-order valence-electron chi connectivity index (χ4n) is 1.84. The van der Waals surface area contributed by atoms with E-state index in [1.165, 1.54) is 6.07 Å². The molecule has 0 amide bonds. The van der Waals surface area contributed by atoms with Crippen LogP contribution in [-0.4, -0.2) is 4.98 Å². The molecule has 0 aliphatic carbocycles. The van der Waals surface area contributed by atoms with Crippen molar-refractivity contribution in [1.29, 1.82) is 0 Å². The smallest absolute Gasteiger partial charge is 0.137 e. The van der Waals surface area contributed by atoms with E-state index in [0.29, 0.717) is 16.9 Å². The van der Waals surface area contributed by atoms with Crippen LogP contribution < -0.4 is 5.73 Å². The Morgan fingerprint density at radius 3 is 2.74 bits per heavy atom. The quantitative estimate of drug-likeness (QED) is 0.895. The van der Waals surface area contributed by atoms with E-state index in [1.54, 1.807) is 23.5 Å². The number of aromatic nitrogens is 1. The molecule has 0 bridgehead atoms. The molecule has 0 atom stereocenters. The molecule has 0 saturated carbocycles. The minimum Gasteiger partial charge on any atom is -0.326 e. The van der Waals surface area contributed by atoms with Crippen molar-refractivity contribution in [2.24, 2.45) is 11.7 Å². The van der Waals surface area contributed by atoms with Crippen molar-refractivity contribution in [1.82, 2.24) is 4.98 Å². The van der Waals surface area contributed by atoms with Gasteiger partial charge in [-0.25, -0.2) is 9.37 Å². The molecule has 0 spiro atoms. The van der Waals surface area contributed by atoms with Gasteiger partial charge in [0.25, 0.3) is 0 Å². The molecule has 0 unspecified atom stereocenters. The highest BCUT2D eigenvalue weighted by molar-refractivity contribution is 9.10. The van der Waals surface area contributed by atoms with Gasteiger partial charge >= 0.3 is 0 Å². The average molecular weight is 343 g/mol. The molecule has 2 rings (SSSR count). The number of hydrogen-bond acceptors (Lipinski definition) is 3. The summed E-state index contributed by atoms with van der Waals surface area (Å²) in [5, 5.41) is 0.900. The number of thiazole rings is 1. The third-order valence-corrected chi connectivity index (χ3v) is 4.51. The van der Waals surface area contributed by atoms with Gasteiger partial charge in [-0.05, 0) is 46.5 Å². The zero-order valence-corrected chi connectivity index (χ0v) is 13.3. The van der Waals surface area contributed by atoms with Crippen molar-refractivity contribution < 1.29 is 4.39 Å². The first-order valence-corrected chi connectivity index (χ1v) is 7.76. The molecule has 1 aromatic carbocycles. The van der Waals surface area contributed by atoms with Gasteiger partial charge in [-0.3, -0.25) is 0 Å². The van der Waals surface area contributed by atoms with Crippen molar-refractivity contribution >= 4 is 27.3 Å². The Balaban J connectivity index is 2.39. The Labute approximate surface area is 125 Å². The Kier molecular flexibility index (Phi) is 4.71. The molecule has 1 heterocycles. The lowest BCUT2D eigenvalue weighted by atomic mass is 10.1. The van der Waals surface area contributed by atoms with E-state index in [1.807, 2.05) is 0 Å². The van der Waals surface area contributed by atoms with Crippen molar-refractivity contribution in [3.8, 4) is 10.6 Å². The zero-order valence-electron chi connectivity index (χ0n) is 10.9. The van der Waals surface area contributed by atoms with Crippen LogP contribution in [0.25, 0.3) is 10.6 Å². The fourth-order valence-corrected chi connectivity index (χ4v) is 3.18. The van der Waals surface area contributed by atoms with Gasteiger partial charge in [0.05, 0.1) is 10.2 Å². The second-order valence-electron chi connectivity index (χ2n) is 4.82. The molecule has 0 saturated heterocycles. The summed E-state index contributed by atoms with van der Waals surface area (Å²) >= 11 is 4.79. The second kappa shape index (κ2) is 6.11. The van der Waals surface area contributed by atoms with E-state index < -0.39 is 0 Å². The average Bonchev–Trinajstić information content (AvgIpc) is 2.75. The lowest BCUT2D eigenvalue weighted by Gasteiger charge is -2.02. The first kappa shape index (κ1) is 14.6. The van der Waals surface area contributed by atoms with Gasteiger partial charge in [0, 0.05) is 17.0 Å². The number of nitrogens with two attached hydrogens (primary N) is 1. The maximum Gasteiger partial charge on any atom is 0.137 e. The highest BCUT2D eigenvalue weighted by Crippen LogP contribution is 2.31. The van der Waals surface area contributed by atoms with E-state index in [0.717, 1.165) is 27.6 Å². The number of hydrogen-bond donors (Lipinski definition) is 1. The number of halogens is 2. The Hall–Kier alpha value is -0.780. The van der Waals surface area contributed by atoms with Crippen LogP contribution in [-0.2, 0) is 13.0 Å². The molecule has 2 nitrogen and oxygen atoms in total. The van der Waals surface area contributed by atoms with Gasteiger partial charge in [-0.2, -0.15) is 0 Å². The number of nitrogens with zero attached hydrogens (tertiary/aromatic N) is 1. The zero-order chi connectivity index (χ0) is 14.0. The number of rotatable bonds is 4. The van der Waals surface area contributed by atoms with E-state index in [9.17, 15) is 4.39 Å². The van der Waals surface area contributed by atoms with E-state index in [-0.39, 0.29) is 5.82 Å². The summed E-state index contributed by atoms with van der Waals surface area (Å²) in [6.07, 6.45) is 0.922. The second-order valence-corrected chi connectivity index (χ2v) is 6.76. The third kappa shape index (κ3) is 3.41. The Bertz CT molecular complexity index is 581. The van der Waals surface area contributed by atoms with Gasteiger partial charge < -0.3 is 5.73 Å². The lowest BCUT2D eigenvalue weighted by molar-refractivity contribution is 0.621. The summed E-state index contributed by atoms with van der Waals surface area (Å²) in [5.41, 5.74) is 7.76. The Morgan fingerprint density at radius 2 is 2.16 bits per heavy atom. The first-order valence-electron chi connectivity index (χ1n) is 6.15. The van der Waals surface area contributed by atoms with Gasteiger partial charge in [0.15, 0.2) is 0 Å². The normalized spacial score (nSPS) is 11.3. The molecule has 0 fully saturated rings. The SMILES string of the molecule is CC(C)Cc1nc(-c2ccc(F)c(Br)c2)sc1CN. The standard InChI is InChI=1S/C14H16BrFN2S/c1-8(2)5-12-13(7-17)19-14(18-12)9-3-4-11(16)10(15)6-9/h3-4,6,8H,5,7,17H2,1-2H3. The topological polar surface area (TPSA) is 38.9 Å². The van der Waals surface area contributed by atoms with E-state index in [4.69, 9.17) is 5.73 Å². The van der Waals surface area contributed by atoms with Crippen LogP contribution >= 0.6 is 27.3 Å². The molecule has 19 heavy (non-hydrogen) atoms. The maximum atomic E-state index is 13.3.